The molecule has 0 aliphatic rings. The number of aryl methyl sites for hydroxylation is 1. The summed E-state index contributed by atoms with van der Waals surface area (Å²) < 4.78 is 29.8. The number of rotatable bonds is 8. The SMILES string of the molecule is Cc1cc(OCCCC(=O)Nc2nc3ccc(S(C)(=O)=O)cc3s2)ccc1C(C)C. The summed E-state index contributed by atoms with van der Waals surface area (Å²) in [5, 5.41) is 3.24. The molecule has 3 aromatic rings. The molecule has 0 atom stereocenters. The fourth-order valence-corrected chi connectivity index (χ4v) is 4.82. The van der Waals surface area contributed by atoms with E-state index in [1.807, 2.05) is 12.1 Å². The van der Waals surface area contributed by atoms with Gasteiger partial charge in [-0.05, 0) is 60.7 Å². The Balaban J connectivity index is 1.51. The van der Waals surface area contributed by atoms with Crippen LogP contribution >= 0.6 is 11.3 Å². The number of hydrogen-bond donors (Lipinski definition) is 1. The van der Waals surface area contributed by atoms with Crippen LogP contribution in [0.1, 0.15) is 43.7 Å². The van der Waals surface area contributed by atoms with Crippen LogP contribution in [-0.2, 0) is 14.6 Å². The molecule has 6 nitrogen and oxygen atoms in total. The second kappa shape index (κ2) is 9.14. The van der Waals surface area contributed by atoms with Crippen molar-refractivity contribution in [3.05, 3.63) is 47.5 Å². The third kappa shape index (κ3) is 5.58. The molecule has 0 radical (unpaired) electrons. The third-order valence-corrected chi connectivity index (χ3v) is 6.76. The number of aromatic nitrogens is 1. The number of carbonyl (C=O) groups is 1. The van der Waals surface area contributed by atoms with Crippen molar-refractivity contribution in [2.75, 3.05) is 18.2 Å². The summed E-state index contributed by atoms with van der Waals surface area (Å²) in [5.41, 5.74) is 3.17. The molecule has 1 heterocycles. The Bertz CT molecular complexity index is 1170. The van der Waals surface area contributed by atoms with Gasteiger partial charge in [0, 0.05) is 12.7 Å². The average Bonchev–Trinajstić information content (AvgIpc) is 3.05. The highest BCUT2D eigenvalue weighted by molar-refractivity contribution is 7.90. The van der Waals surface area contributed by atoms with E-state index < -0.39 is 9.84 Å². The molecule has 1 amide bonds. The Morgan fingerprint density at radius 1 is 1.20 bits per heavy atom. The first-order chi connectivity index (χ1) is 14.1. The van der Waals surface area contributed by atoms with Gasteiger partial charge in [0.1, 0.15) is 5.75 Å². The van der Waals surface area contributed by atoms with Gasteiger partial charge in [0.25, 0.3) is 0 Å². The highest BCUT2D eigenvalue weighted by atomic mass is 32.2. The molecule has 1 N–H and O–H groups in total. The van der Waals surface area contributed by atoms with Gasteiger partial charge in [-0.15, -0.1) is 0 Å². The number of carbonyl (C=O) groups excluding carboxylic acids is 1. The van der Waals surface area contributed by atoms with Crippen molar-refractivity contribution >= 4 is 42.4 Å². The summed E-state index contributed by atoms with van der Waals surface area (Å²) >= 11 is 1.26. The van der Waals surface area contributed by atoms with Crippen molar-refractivity contribution in [2.24, 2.45) is 0 Å². The van der Waals surface area contributed by atoms with Crippen molar-refractivity contribution in [3.8, 4) is 5.75 Å². The first-order valence-electron chi connectivity index (χ1n) is 9.77. The molecule has 0 fully saturated rings. The molecule has 3 rings (SSSR count). The van der Waals surface area contributed by atoms with Crippen LogP contribution in [-0.4, -0.2) is 32.2 Å². The second-order valence-corrected chi connectivity index (χ2v) is 10.6. The van der Waals surface area contributed by atoms with Gasteiger partial charge in [0.05, 0.1) is 21.7 Å². The zero-order chi connectivity index (χ0) is 21.9. The van der Waals surface area contributed by atoms with Crippen molar-refractivity contribution in [1.29, 1.82) is 0 Å². The highest BCUT2D eigenvalue weighted by Gasteiger charge is 2.12. The van der Waals surface area contributed by atoms with Crippen molar-refractivity contribution in [3.63, 3.8) is 0 Å². The zero-order valence-electron chi connectivity index (χ0n) is 17.6. The van der Waals surface area contributed by atoms with Gasteiger partial charge in [0.2, 0.25) is 5.91 Å². The molecule has 160 valence electrons. The van der Waals surface area contributed by atoms with Gasteiger partial charge >= 0.3 is 0 Å². The molecular weight excluding hydrogens is 420 g/mol. The number of ether oxygens (including phenoxy) is 1. The number of sulfone groups is 1. The summed E-state index contributed by atoms with van der Waals surface area (Å²) in [4.78, 5) is 16.8. The molecule has 0 saturated carbocycles. The summed E-state index contributed by atoms with van der Waals surface area (Å²) in [6, 6.07) is 10.8. The number of amides is 1. The van der Waals surface area contributed by atoms with Crippen molar-refractivity contribution in [1.82, 2.24) is 4.98 Å². The molecule has 0 aliphatic carbocycles. The Morgan fingerprint density at radius 2 is 1.97 bits per heavy atom. The van der Waals surface area contributed by atoms with E-state index >= 15 is 0 Å². The van der Waals surface area contributed by atoms with Crippen LogP contribution in [0.2, 0.25) is 0 Å². The van der Waals surface area contributed by atoms with Gasteiger partial charge in [0.15, 0.2) is 15.0 Å². The van der Waals surface area contributed by atoms with E-state index in [0.29, 0.717) is 36.0 Å². The fourth-order valence-electron chi connectivity index (χ4n) is 3.18. The van der Waals surface area contributed by atoms with Crippen LogP contribution < -0.4 is 10.1 Å². The molecule has 0 bridgehead atoms. The number of fused-ring (bicyclic) bond motifs is 1. The molecule has 0 aliphatic heterocycles. The van der Waals surface area contributed by atoms with Crippen LogP contribution in [0.15, 0.2) is 41.3 Å². The molecule has 0 unspecified atom stereocenters. The highest BCUT2D eigenvalue weighted by Crippen LogP contribution is 2.28. The minimum Gasteiger partial charge on any atom is -0.494 e. The summed E-state index contributed by atoms with van der Waals surface area (Å²) in [7, 11) is -3.28. The minimum absolute atomic E-state index is 0.146. The zero-order valence-corrected chi connectivity index (χ0v) is 19.2. The summed E-state index contributed by atoms with van der Waals surface area (Å²) in [6.45, 7) is 6.85. The van der Waals surface area contributed by atoms with E-state index in [4.69, 9.17) is 4.74 Å². The summed E-state index contributed by atoms with van der Waals surface area (Å²) in [6.07, 6.45) is 2.06. The third-order valence-electron chi connectivity index (χ3n) is 4.71. The van der Waals surface area contributed by atoms with E-state index in [1.165, 1.54) is 34.8 Å². The second-order valence-electron chi connectivity index (χ2n) is 7.59. The molecule has 0 spiro atoms. The number of nitrogens with zero attached hydrogens (tertiary/aromatic N) is 1. The molecule has 1 aromatic heterocycles. The summed E-state index contributed by atoms with van der Waals surface area (Å²) in [5.74, 6) is 1.14. The van der Waals surface area contributed by atoms with Gasteiger partial charge in [-0.3, -0.25) is 4.79 Å². The van der Waals surface area contributed by atoms with E-state index in [0.717, 1.165) is 10.4 Å². The molecule has 2 aromatic carbocycles. The number of hydrogen-bond acceptors (Lipinski definition) is 6. The van der Waals surface area contributed by atoms with Crippen molar-refractivity contribution in [2.45, 2.75) is 44.4 Å². The number of nitrogens with one attached hydrogen (secondary N) is 1. The van der Waals surface area contributed by atoms with Crippen LogP contribution in [0, 0.1) is 6.92 Å². The Labute approximate surface area is 181 Å². The molecule has 0 saturated heterocycles. The maximum Gasteiger partial charge on any atom is 0.226 e. The van der Waals surface area contributed by atoms with Crippen molar-refractivity contribution < 1.29 is 17.9 Å². The standard InChI is InChI=1S/C22H26N2O4S2/c1-14(2)18-9-7-16(12-15(18)3)28-11-5-6-21(25)24-22-23-19-10-8-17(30(4,26)27)13-20(19)29-22/h7-10,12-14H,5-6,11H2,1-4H3,(H,23,24,25). The molecule has 30 heavy (non-hydrogen) atoms. The van der Waals surface area contributed by atoms with E-state index in [-0.39, 0.29) is 10.8 Å². The van der Waals surface area contributed by atoms with Gasteiger partial charge in [-0.25, -0.2) is 13.4 Å². The minimum atomic E-state index is -3.28. The maximum atomic E-state index is 12.2. The predicted molar refractivity (Wildman–Crippen MR) is 121 cm³/mol. The lowest BCUT2D eigenvalue weighted by Gasteiger charge is -2.12. The Hall–Kier alpha value is -2.45. The van der Waals surface area contributed by atoms with Crippen LogP contribution in [0.5, 0.6) is 5.75 Å². The van der Waals surface area contributed by atoms with Gasteiger partial charge in [-0.2, -0.15) is 0 Å². The first-order valence-corrected chi connectivity index (χ1v) is 12.5. The first kappa shape index (κ1) is 22.2. The van der Waals surface area contributed by atoms with Crippen LogP contribution in [0.3, 0.4) is 0 Å². The maximum absolute atomic E-state index is 12.2. The molecular formula is C22H26N2O4S2. The lowest BCUT2D eigenvalue weighted by Crippen LogP contribution is -2.12. The van der Waals surface area contributed by atoms with E-state index in [2.05, 4.69) is 37.1 Å². The lowest BCUT2D eigenvalue weighted by atomic mass is 9.98. The van der Waals surface area contributed by atoms with E-state index in [9.17, 15) is 13.2 Å². The quantitative estimate of drug-likeness (QED) is 0.496. The Kier molecular flexibility index (Phi) is 6.77. The van der Waals surface area contributed by atoms with Crippen LogP contribution in [0.25, 0.3) is 10.2 Å². The average molecular weight is 447 g/mol. The largest absolute Gasteiger partial charge is 0.494 e. The Morgan fingerprint density at radius 3 is 2.63 bits per heavy atom. The van der Waals surface area contributed by atoms with Gasteiger partial charge in [-0.1, -0.05) is 31.3 Å². The topological polar surface area (TPSA) is 85.4 Å². The molecule has 8 heteroatoms. The smallest absolute Gasteiger partial charge is 0.226 e. The van der Waals surface area contributed by atoms with E-state index in [1.54, 1.807) is 12.1 Å². The lowest BCUT2D eigenvalue weighted by molar-refractivity contribution is -0.116. The predicted octanol–water partition coefficient (Wildman–Crippen LogP) is 4.93. The monoisotopic (exact) mass is 446 g/mol. The normalized spacial score (nSPS) is 11.8. The number of benzene rings is 2. The number of thiazole rings is 1. The van der Waals surface area contributed by atoms with Crippen LogP contribution in [0.4, 0.5) is 5.13 Å². The fraction of sp³-hybridized carbons (Fsp3) is 0.364. The number of anilines is 1. The van der Waals surface area contributed by atoms with Gasteiger partial charge < -0.3 is 10.1 Å².